The molecule has 1 aromatic carbocycles. The zero-order valence-corrected chi connectivity index (χ0v) is 10.2. The van der Waals surface area contributed by atoms with Crippen molar-refractivity contribution in [3.05, 3.63) is 35.4 Å². The number of benzene rings is 1. The fraction of sp³-hybridized carbons (Fsp3) is 0.500. The van der Waals surface area contributed by atoms with Crippen LogP contribution in [0.4, 0.5) is 0 Å². The number of carbonyl (C=O) groups excluding carboxylic acids is 1. The standard InChI is InChI=1S/C14H20O2/c1-3-5-14(15)16-11-4-6-13-9-7-12(2)8-10-13/h7-10H,3-6,11H2,1-2H3. The van der Waals surface area contributed by atoms with E-state index in [1.807, 2.05) is 6.92 Å². The largest absolute Gasteiger partial charge is 0.466 e. The van der Waals surface area contributed by atoms with Gasteiger partial charge in [0, 0.05) is 6.42 Å². The minimum absolute atomic E-state index is 0.0774. The molecule has 0 spiro atoms. The lowest BCUT2D eigenvalue weighted by Gasteiger charge is -2.04. The third-order valence-electron chi connectivity index (χ3n) is 2.45. The smallest absolute Gasteiger partial charge is 0.305 e. The topological polar surface area (TPSA) is 26.3 Å². The molecule has 0 aliphatic heterocycles. The lowest BCUT2D eigenvalue weighted by Crippen LogP contribution is -2.05. The molecule has 0 bridgehead atoms. The fourth-order valence-electron chi connectivity index (χ4n) is 1.49. The molecule has 0 heterocycles. The SMILES string of the molecule is CCCC(=O)OCCCc1ccc(C)cc1. The van der Waals surface area contributed by atoms with E-state index >= 15 is 0 Å². The number of aryl methyl sites for hydroxylation is 2. The maximum atomic E-state index is 11.1. The molecule has 88 valence electrons. The molecule has 16 heavy (non-hydrogen) atoms. The molecule has 0 saturated heterocycles. The summed E-state index contributed by atoms with van der Waals surface area (Å²) in [7, 11) is 0. The molecule has 0 aromatic heterocycles. The number of carbonyl (C=O) groups is 1. The van der Waals surface area contributed by atoms with Crippen LogP contribution in [0.2, 0.25) is 0 Å². The van der Waals surface area contributed by atoms with Gasteiger partial charge in [0.2, 0.25) is 0 Å². The number of ether oxygens (including phenoxy) is 1. The molecular weight excluding hydrogens is 200 g/mol. The van der Waals surface area contributed by atoms with Crippen LogP contribution in [-0.4, -0.2) is 12.6 Å². The lowest BCUT2D eigenvalue weighted by atomic mass is 10.1. The van der Waals surface area contributed by atoms with E-state index in [0.29, 0.717) is 13.0 Å². The van der Waals surface area contributed by atoms with Gasteiger partial charge in [0.15, 0.2) is 0 Å². The van der Waals surface area contributed by atoms with Crippen molar-refractivity contribution in [1.29, 1.82) is 0 Å². The van der Waals surface area contributed by atoms with Gasteiger partial charge < -0.3 is 4.74 Å². The Morgan fingerprint density at radius 1 is 1.25 bits per heavy atom. The van der Waals surface area contributed by atoms with E-state index in [2.05, 4.69) is 31.2 Å². The van der Waals surface area contributed by atoms with Crippen molar-refractivity contribution in [2.45, 2.75) is 39.5 Å². The molecular formula is C14H20O2. The molecule has 0 amide bonds. The molecule has 0 unspecified atom stereocenters. The van der Waals surface area contributed by atoms with Crippen LogP contribution in [0.15, 0.2) is 24.3 Å². The highest BCUT2D eigenvalue weighted by Crippen LogP contribution is 2.06. The van der Waals surface area contributed by atoms with Gasteiger partial charge in [-0.2, -0.15) is 0 Å². The molecule has 1 rings (SSSR count). The maximum Gasteiger partial charge on any atom is 0.305 e. The highest BCUT2D eigenvalue weighted by atomic mass is 16.5. The molecule has 0 fully saturated rings. The zero-order chi connectivity index (χ0) is 11.8. The van der Waals surface area contributed by atoms with Crippen molar-refractivity contribution in [3.63, 3.8) is 0 Å². The number of esters is 1. The Morgan fingerprint density at radius 3 is 2.56 bits per heavy atom. The van der Waals surface area contributed by atoms with Crippen molar-refractivity contribution in [2.24, 2.45) is 0 Å². The van der Waals surface area contributed by atoms with Gasteiger partial charge in [0.25, 0.3) is 0 Å². The summed E-state index contributed by atoms with van der Waals surface area (Å²) in [6.07, 6.45) is 3.26. The molecule has 0 aliphatic rings. The second-order valence-corrected chi connectivity index (χ2v) is 4.06. The first kappa shape index (κ1) is 12.8. The predicted octanol–water partition coefficient (Wildman–Crippen LogP) is 3.27. The Bertz CT molecular complexity index is 314. The van der Waals surface area contributed by atoms with Crippen LogP contribution in [0.1, 0.15) is 37.3 Å². The van der Waals surface area contributed by atoms with Crippen molar-refractivity contribution < 1.29 is 9.53 Å². The normalized spacial score (nSPS) is 10.1. The summed E-state index contributed by atoms with van der Waals surface area (Å²) in [4.78, 5) is 11.1. The van der Waals surface area contributed by atoms with E-state index < -0.39 is 0 Å². The minimum atomic E-state index is -0.0774. The lowest BCUT2D eigenvalue weighted by molar-refractivity contribution is -0.143. The summed E-state index contributed by atoms with van der Waals surface area (Å²) < 4.78 is 5.09. The van der Waals surface area contributed by atoms with Gasteiger partial charge in [-0.15, -0.1) is 0 Å². The van der Waals surface area contributed by atoms with Crippen molar-refractivity contribution in [1.82, 2.24) is 0 Å². The van der Waals surface area contributed by atoms with Crippen LogP contribution >= 0.6 is 0 Å². The molecule has 2 nitrogen and oxygen atoms in total. The van der Waals surface area contributed by atoms with Crippen LogP contribution < -0.4 is 0 Å². The average molecular weight is 220 g/mol. The first-order chi connectivity index (χ1) is 7.72. The monoisotopic (exact) mass is 220 g/mol. The Labute approximate surface area is 97.6 Å². The van der Waals surface area contributed by atoms with Crippen LogP contribution in [-0.2, 0) is 16.0 Å². The van der Waals surface area contributed by atoms with Gasteiger partial charge in [-0.05, 0) is 31.7 Å². The van der Waals surface area contributed by atoms with E-state index in [-0.39, 0.29) is 5.97 Å². The molecule has 0 N–H and O–H groups in total. The number of hydrogen-bond acceptors (Lipinski definition) is 2. The molecule has 0 atom stereocenters. The summed E-state index contributed by atoms with van der Waals surface area (Å²) in [6, 6.07) is 8.48. The molecule has 1 aromatic rings. The fourth-order valence-corrected chi connectivity index (χ4v) is 1.49. The van der Waals surface area contributed by atoms with Crippen LogP contribution in [0.5, 0.6) is 0 Å². The summed E-state index contributed by atoms with van der Waals surface area (Å²) in [6.45, 7) is 4.59. The first-order valence-electron chi connectivity index (χ1n) is 5.93. The first-order valence-corrected chi connectivity index (χ1v) is 5.93. The molecule has 0 saturated carbocycles. The number of rotatable bonds is 6. The Morgan fingerprint density at radius 2 is 1.94 bits per heavy atom. The Kier molecular flexibility index (Phi) is 5.62. The van der Waals surface area contributed by atoms with E-state index in [1.54, 1.807) is 0 Å². The van der Waals surface area contributed by atoms with Crippen LogP contribution in [0.3, 0.4) is 0 Å². The van der Waals surface area contributed by atoms with Gasteiger partial charge in [0.1, 0.15) is 0 Å². The zero-order valence-electron chi connectivity index (χ0n) is 10.2. The van der Waals surface area contributed by atoms with Gasteiger partial charge in [-0.1, -0.05) is 36.8 Å². The number of hydrogen-bond donors (Lipinski definition) is 0. The maximum absolute atomic E-state index is 11.1. The summed E-state index contributed by atoms with van der Waals surface area (Å²) in [5.41, 5.74) is 2.58. The highest BCUT2D eigenvalue weighted by Gasteiger charge is 2.00. The predicted molar refractivity (Wildman–Crippen MR) is 65.4 cm³/mol. The molecule has 0 radical (unpaired) electrons. The van der Waals surface area contributed by atoms with Crippen molar-refractivity contribution >= 4 is 5.97 Å². The van der Waals surface area contributed by atoms with Crippen molar-refractivity contribution in [3.8, 4) is 0 Å². The van der Waals surface area contributed by atoms with Crippen LogP contribution in [0.25, 0.3) is 0 Å². The van der Waals surface area contributed by atoms with Crippen LogP contribution in [0, 0.1) is 6.92 Å². The average Bonchev–Trinajstić information content (AvgIpc) is 2.27. The van der Waals surface area contributed by atoms with Gasteiger partial charge >= 0.3 is 5.97 Å². The third kappa shape index (κ3) is 4.96. The Hall–Kier alpha value is -1.31. The second-order valence-electron chi connectivity index (χ2n) is 4.06. The van der Waals surface area contributed by atoms with Gasteiger partial charge in [-0.3, -0.25) is 4.79 Å². The summed E-state index contributed by atoms with van der Waals surface area (Å²) in [5, 5.41) is 0. The summed E-state index contributed by atoms with van der Waals surface area (Å²) >= 11 is 0. The Balaban J connectivity index is 2.16. The van der Waals surface area contributed by atoms with Gasteiger partial charge in [0.05, 0.1) is 6.61 Å². The third-order valence-corrected chi connectivity index (χ3v) is 2.45. The van der Waals surface area contributed by atoms with Crippen molar-refractivity contribution in [2.75, 3.05) is 6.61 Å². The molecule has 0 aliphatic carbocycles. The van der Waals surface area contributed by atoms with E-state index in [0.717, 1.165) is 19.3 Å². The second kappa shape index (κ2) is 7.04. The summed E-state index contributed by atoms with van der Waals surface area (Å²) in [5.74, 6) is -0.0774. The molecule has 2 heteroatoms. The van der Waals surface area contributed by atoms with E-state index in [9.17, 15) is 4.79 Å². The quantitative estimate of drug-likeness (QED) is 0.543. The minimum Gasteiger partial charge on any atom is -0.466 e. The van der Waals surface area contributed by atoms with E-state index in [1.165, 1.54) is 11.1 Å². The van der Waals surface area contributed by atoms with E-state index in [4.69, 9.17) is 4.74 Å². The highest BCUT2D eigenvalue weighted by molar-refractivity contribution is 5.69. The van der Waals surface area contributed by atoms with Gasteiger partial charge in [-0.25, -0.2) is 0 Å².